The van der Waals surface area contributed by atoms with Crippen molar-refractivity contribution in [3.05, 3.63) is 34.8 Å². The summed E-state index contributed by atoms with van der Waals surface area (Å²) in [5, 5.41) is 3.37. The van der Waals surface area contributed by atoms with E-state index >= 15 is 0 Å². The molecule has 0 amide bonds. The van der Waals surface area contributed by atoms with Crippen LogP contribution in [0.1, 0.15) is 20.3 Å². The van der Waals surface area contributed by atoms with Crippen molar-refractivity contribution in [2.75, 3.05) is 13.1 Å². The fourth-order valence-electron chi connectivity index (χ4n) is 2.09. The zero-order chi connectivity index (χ0) is 13.0. The van der Waals surface area contributed by atoms with Crippen LogP contribution in [0.4, 0.5) is 0 Å². The summed E-state index contributed by atoms with van der Waals surface area (Å²) < 4.78 is 6.93. The topological polar surface area (TPSA) is 47.2 Å². The third-order valence-corrected chi connectivity index (χ3v) is 2.99. The van der Waals surface area contributed by atoms with Crippen LogP contribution in [0.25, 0.3) is 11.1 Å². The zero-order valence-electron chi connectivity index (χ0n) is 11.0. The second kappa shape index (κ2) is 5.87. The molecule has 0 aliphatic carbocycles. The summed E-state index contributed by atoms with van der Waals surface area (Å²) in [5.74, 6) is 0.133. The summed E-state index contributed by atoms with van der Waals surface area (Å²) in [5.41, 5.74) is 1.54. The van der Waals surface area contributed by atoms with Crippen molar-refractivity contribution in [2.24, 2.45) is 5.92 Å². The van der Waals surface area contributed by atoms with Crippen LogP contribution in [0.2, 0.25) is 0 Å². The van der Waals surface area contributed by atoms with Crippen LogP contribution in [-0.4, -0.2) is 17.7 Å². The van der Waals surface area contributed by atoms with Gasteiger partial charge in [-0.3, -0.25) is 4.57 Å². The average molecular weight is 248 g/mol. The Balaban J connectivity index is 2.11. The van der Waals surface area contributed by atoms with Gasteiger partial charge >= 0.3 is 5.76 Å². The second-order valence-electron chi connectivity index (χ2n) is 4.76. The number of aromatic nitrogens is 1. The quantitative estimate of drug-likeness (QED) is 0.797. The number of rotatable bonds is 6. The lowest BCUT2D eigenvalue weighted by atomic mass is 10.1. The summed E-state index contributed by atoms with van der Waals surface area (Å²) in [6.45, 7) is 6.90. The van der Waals surface area contributed by atoms with E-state index in [0.29, 0.717) is 18.0 Å². The third-order valence-electron chi connectivity index (χ3n) is 2.99. The zero-order valence-corrected chi connectivity index (χ0v) is 11.0. The molecule has 0 aliphatic rings. The van der Waals surface area contributed by atoms with Gasteiger partial charge in [-0.25, -0.2) is 4.79 Å². The van der Waals surface area contributed by atoms with E-state index in [9.17, 15) is 4.79 Å². The molecule has 0 aliphatic heterocycles. The highest BCUT2D eigenvalue weighted by molar-refractivity contribution is 5.72. The molecule has 1 aromatic carbocycles. The Kier molecular flexibility index (Phi) is 4.20. The van der Waals surface area contributed by atoms with Crippen LogP contribution < -0.4 is 11.1 Å². The highest BCUT2D eigenvalue weighted by Crippen LogP contribution is 2.13. The molecule has 0 fully saturated rings. The number of hydrogen-bond donors (Lipinski definition) is 1. The Bertz CT molecular complexity index is 556. The van der Waals surface area contributed by atoms with Gasteiger partial charge in [-0.2, -0.15) is 0 Å². The maximum absolute atomic E-state index is 11.8. The van der Waals surface area contributed by atoms with Crippen LogP contribution in [0.5, 0.6) is 0 Å². The van der Waals surface area contributed by atoms with Crippen LogP contribution in [0.15, 0.2) is 33.5 Å². The van der Waals surface area contributed by atoms with Gasteiger partial charge in [0.15, 0.2) is 5.58 Å². The molecule has 98 valence electrons. The summed E-state index contributed by atoms with van der Waals surface area (Å²) in [6, 6.07) is 7.55. The highest BCUT2D eigenvalue weighted by Gasteiger charge is 2.11. The predicted octanol–water partition coefficient (Wildman–Crippen LogP) is 2.23. The van der Waals surface area contributed by atoms with E-state index in [2.05, 4.69) is 19.2 Å². The summed E-state index contributed by atoms with van der Waals surface area (Å²) in [4.78, 5) is 11.8. The summed E-state index contributed by atoms with van der Waals surface area (Å²) >= 11 is 0. The molecular formula is C14H20N2O2. The van der Waals surface area contributed by atoms with Crippen molar-refractivity contribution in [2.45, 2.75) is 26.8 Å². The predicted molar refractivity (Wildman–Crippen MR) is 72.8 cm³/mol. The molecule has 18 heavy (non-hydrogen) atoms. The van der Waals surface area contributed by atoms with E-state index in [1.807, 2.05) is 24.3 Å². The normalized spacial score (nSPS) is 13.0. The third kappa shape index (κ3) is 2.82. The molecule has 1 heterocycles. The molecular weight excluding hydrogens is 228 g/mol. The Morgan fingerprint density at radius 3 is 2.94 bits per heavy atom. The second-order valence-corrected chi connectivity index (χ2v) is 4.76. The van der Waals surface area contributed by atoms with Gasteiger partial charge in [0.05, 0.1) is 5.52 Å². The molecule has 1 unspecified atom stereocenters. The molecule has 2 rings (SSSR count). The minimum atomic E-state index is -0.265. The van der Waals surface area contributed by atoms with Crippen LogP contribution >= 0.6 is 0 Å². The van der Waals surface area contributed by atoms with Gasteiger partial charge in [0.1, 0.15) is 0 Å². The van der Waals surface area contributed by atoms with Crippen molar-refractivity contribution < 1.29 is 4.42 Å². The number of oxazole rings is 1. The minimum Gasteiger partial charge on any atom is -0.408 e. The van der Waals surface area contributed by atoms with E-state index in [1.54, 1.807) is 4.57 Å². The van der Waals surface area contributed by atoms with Crippen molar-refractivity contribution >= 4 is 11.1 Å². The molecule has 0 bridgehead atoms. The lowest BCUT2D eigenvalue weighted by Crippen LogP contribution is -2.27. The molecule has 1 atom stereocenters. The van der Waals surface area contributed by atoms with E-state index < -0.39 is 0 Å². The largest absolute Gasteiger partial charge is 0.419 e. The molecule has 1 aromatic heterocycles. The van der Waals surface area contributed by atoms with Crippen molar-refractivity contribution in [1.82, 2.24) is 9.88 Å². The standard InChI is InChI=1S/C14H20N2O2/c1-3-8-15-9-11(2)10-16-12-6-4-5-7-13(12)18-14(16)17/h4-7,11,15H,3,8-10H2,1-2H3. The maximum atomic E-state index is 11.8. The number of para-hydroxylation sites is 2. The fourth-order valence-corrected chi connectivity index (χ4v) is 2.09. The lowest BCUT2D eigenvalue weighted by Gasteiger charge is -2.12. The molecule has 2 aromatic rings. The minimum absolute atomic E-state index is 0.265. The van der Waals surface area contributed by atoms with Gasteiger partial charge < -0.3 is 9.73 Å². The lowest BCUT2D eigenvalue weighted by molar-refractivity contribution is 0.418. The molecule has 0 spiro atoms. The number of nitrogens with one attached hydrogen (secondary N) is 1. The molecule has 4 nitrogen and oxygen atoms in total. The van der Waals surface area contributed by atoms with Gasteiger partial charge in [-0.1, -0.05) is 26.0 Å². The Morgan fingerprint density at radius 2 is 2.17 bits per heavy atom. The summed E-state index contributed by atoms with van der Waals surface area (Å²) in [7, 11) is 0. The average Bonchev–Trinajstić information content (AvgIpc) is 2.67. The number of fused-ring (bicyclic) bond motifs is 1. The fraction of sp³-hybridized carbons (Fsp3) is 0.500. The maximum Gasteiger partial charge on any atom is 0.419 e. The number of benzene rings is 1. The molecule has 0 saturated heterocycles. The van der Waals surface area contributed by atoms with Crippen LogP contribution in [0, 0.1) is 5.92 Å². The number of hydrogen-bond acceptors (Lipinski definition) is 3. The highest BCUT2D eigenvalue weighted by atomic mass is 16.4. The first kappa shape index (κ1) is 12.9. The van der Waals surface area contributed by atoms with Gasteiger partial charge in [0.2, 0.25) is 0 Å². The van der Waals surface area contributed by atoms with E-state index in [1.165, 1.54) is 0 Å². The first-order valence-corrected chi connectivity index (χ1v) is 6.51. The van der Waals surface area contributed by atoms with Crippen molar-refractivity contribution in [3.63, 3.8) is 0 Å². The van der Waals surface area contributed by atoms with E-state index in [0.717, 1.165) is 25.0 Å². The van der Waals surface area contributed by atoms with Gasteiger partial charge in [-0.05, 0) is 37.6 Å². The van der Waals surface area contributed by atoms with Crippen molar-refractivity contribution in [3.8, 4) is 0 Å². The van der Waals surface area contributed by atoms with E-state index in [4.69, 9.17) is 4.42 Å². The van der Waals surface area contributed by atoms with Crippen LogP contribution in [0.3, 0.4) is 0 Å². The number of nitrogens with zero attached hydrogens (tertiary/aromatic N) is 1. The van der Waals surface area contributed by atoms with Crippen LogP contribution in [-0.2, 0) is 6.54 Å². The SMILES string of the molecule is CCCNCC(C)Cn1c(=O)oc2ccccc21. The summed E-state index contributed by atoms with van der Waals surface area (Å²) in [6.07, 6.45) is 1.13. The van der Waals surface area contributed by atoms with Crippen molar-refractivity contribution in [1.29, 1.82) is 0 Å². The first-order valence-electron chi connectivity index (χ1n) is 6.51. The Morgan fingerprint density at radius 1 is 1.39 bits per heavy atom. The Labute approximate surface area is 107 Å². The van der Waals surface area contributed by atoms with Gasteiger partial charge in [-0.15, -0.1) is 0 Å². The molecule has 1 N–H and O–H groups in total. The smallest absolute Gasteiger partial charge is 0.408 e. The molecule has 0 radical (unpaired) electrons. The van der Waals surface area contributed by atoms with Gasteiger partial charge in [0, 0.05) is 6.54 Å². The van der Waals surface area contributed by atoms with E-state index in [-0.39, 0.29) is 5.76 Å². The molecule has 4 heteroatoms. The van der Waals surface area contributed by atoms with Gasteiger partial charge in [0.25, 0.3) is 0 Å². The monoisotopic (exact) mass is 248 g/mol. The molecule has 0 saturated carbocycles. The Hall–Kier alpha value is -1.55. The first-order chi connectivity index (χ1) is 8.72.